The Morgan fingerprint density at radius 1 is 0.947 bits per heavy atom. The topological polar surface area (TPSA) is 0 Å². The molecule has 0 saturated heterocycles. The first-order valence-electron chi connectivity index (χ1n) is 7.52. The third-order valence-corrected chi connectivity index (χ3v) is 2.73. The van der Waals surface area contributed by atoms with E-state index in [1.165, 1.54) is 36.0 Å². The molecule has 19 heavy (non-hydrogen) atoms. The summed E-state index contributed by atoms with van der Waals surface area (Å²) in [7, 11) is 0. The number of allylic oxidation sites excluding steroid dienone is 8. The molecular weight excluding hydrogens is 228 g/mol. The quantitative estimate of drug-likeness (QED) is 0.422. The van der Waals surface area contributed by atoms with E-state index in [2.05, 4.69) is 40.0 Å². The molecule has 0 spiro atoms. The molecule has 0 fully saturated rings. The van der Waals surface area contributed by atoms with Gasteiger partial charge in [0.1, 0.15) is 0 Å². The zero-order valence-corrected chi connectivity index (χ0v) is 13.6. The molecule has 0 atom stereocenters. The summed E-state index contributed by atoms with van der Waals surface area (Å²) in [6, 6.07) is 0. The second kappa shape index (κ2) is 14.8. The lowest BCUT2D eigenvalue weighted by atomic mass is 9.94. The standard InChI is InChI=1S/C17H26.C2H6/c1-6-10-11-14-16(9-4)17(13-8-3)15(5)12-7-2;1-2/h6,9-11,14H,1,4,7-8,12-13H2,2-3,5H3;1-2H3/b11-10-,16-14+,17-15+;. The normalized spacial score (nSPS) is 12.6. The monoisotopic (exact) mass is 260 g/mol. The maximum atomic E-state index is 3.92. The number of hydrogen-bond acceptors (Lipinski definition) is 0. The molecule has 0 aliphatic heterocycles. The van der Waals surface area contributed by atoms with Crippen molar-refractivity contribution in [2.45, 2.75) is 60.3 Å². The van der Waals surface area contributed by atoms with Crippen LogP contribution >= 0.6 is 0 Å². The van der Waals surface area contributed by atoms with Gasteiger partial charge in [0.25, 0.3) is 0 Å². The third kappa shape index (κ3) is 9.30. The molecule has 0 amide bonds. The van der Waals surface area contributed by atoms with Crippen LogP contribution in [0.1, 0.15) is 60.3 Å². The van der Waals surface area contributed by atoms with E-state index in [0.717, 1.165) is 6.42 Å². The van der Waals surface area contributed by atoms with Gasteiger partial charge in [-0.25, -0.2) is 0 Å². The first kappa shape index (κ1) is 20.0. The minimum absolute atomic E-state index is 1.13. The van der Waals surface area contributed by atoms with E-state index in [9.17, 15) is 0 Å². The SMILES string of the molecule is C=C\C=C/C=C(C=C)/C(CCC)=C(\C)CCC.CC. The maximum Gasteiger partial charge on any atom is -0.0231 e. The molecule has 0 bridgehead atoms. The smallest absolute Gasteiger partial charge is 0.0231 e. The molecule has 0 unspecified atom stereocenters. The largest absolute Gasteiger partial charge is 0.0991 e. The lowest BCUT2D eigenvalue weighted by Gasteiger charge is -2.12. The molecule has 0 heterocycles. The van der Waals surface area contributed by atoms with Gasteiger partial charge in [0.2, 0.25) is 0 Å². The fraction of sp³-hybridized carbons (Fsp3) is 0.474. The minimum atomic E-state index is 1.13. The van der Waals surface area contributed by atoms with Gasteiger partial charge in [0.05, 0.1) is 0 Å². The van der Waals surface area contributed by atoms with Crippen LogP contribution in [0.3, 0.4) is 0 Å². The van der Waals surface area contributed by atoms with Crippen molar-refractivity contribution in [1.82, 2.24) is 0 Å². The Bertz CT molecular complexity index is 324. The van der Waals surface area contributed by atoms with Gasteiger partial charge < -0.3 is 0 Å². The molecule has 0 N–H and O–H groups in total. The Morgan fingerprint density at radius 3 is 1.95 bits per heavy atom. The lowest BCUT2D eigenvalue weighted by Crippen LogP contribution is -1.92. The second-order valence-corrected chi connectivity index (χ2v) is 4.21. The van der Waals surface area contributed by atoms with Crippen LogP contribution in [0.4, 0.5) is 0 Å². The van der Waals surface area contributed by atoms with Crippen LogP contribution in [0.25, 0.3) is 0 Å². The third-order valence-electron chi connectivity index (χ3n) is 2.73. The van der Waals surface area contributed by atoms with Crippen LogP contribution in [0.5, 0.6) is 0 Å². The summed E-state index contributed by atoms with van der Waals surface area (Å²) in [4.78, 5) is 0. The van der Waals surface area contributed by atoms with Crippen LogP contribution in [-0.4, -0.2) is 0 Å². The van der Waals surface area contributed by atoms with E-state index in [0.29, 0.717) is 0 Å². The van der Waals surface area contributed by atoms with E-state index >= 15 is 0 Å². The molecule has 0 aromatic rings. The molecular formula is C19H32. The van der Waals surface area contributed by atoms with Crippen LogP contribution in [0, 0.1) is 0 Å². The van der Waals surface area contributed by atoms with Gasteiger partial charge in [-0.2, -0.15) is 0 Å². The van der Waals surface area contributed by atoms with Crippen molar-refractivity contribution in [3.8, 4) is 0 Å². The summed E-state index contributed by atoms with van der Waals surface area (Å²) in [5.41, 5.74) is 4.20. The predicted molar refractivity (Wildman–Crippen MR) is 91.5 cm³/mol. The van der Waals surface area contributed by atoms with E-state index < -0.39 is 0 Å². The van der Waals surface area contributed by atoms with Gasteiger partial charge >= 0.3 is 0 Å². The fourth-order valence-electron chi connectivity index (χ4n) is 1.91. The van der Waals surface area contributed by atoms with Gasteiger partial charge in [-0.1, -0.05) is 89.6 Å². The van der Waals surface area contributed by atoms with Gasteiger partial charge in [-0.3, -0.25) is 0 Å². The molecule has 0 aliphatic rings. The number of rotatable bonds is 8. The van der Waals surface area contributed by atoms with E-state index in [4.69, 9.17) is 0 Å². The Labute approximate surface area is 121 Å². The highest BCUT2D eigenvalue weighted by Crippen LogP contribution is 2.24. The van der Waals surface area contributed by atoms with Crippen LogP contribution in [0.2, 0.25) is 0 Å². The predicted octanol–water partition coefficient (Wildman–Crippen LogP) is 6.78. The molecule has 0 nitrogen and oxygen atoms in total. The Balaban J connectivity index is 0. The summed E-state index contributed by atoms with van der Waals surface area (Å²) in [6.45, 7) is 18.3. The molecule has 108 valence electrons. The van der Waals surface area contributed by atoms with Crippen molar-refractivity contribution >= 4 is 0 Å². The van der Waals surface area contributed by atoms with Crippen LogP contribution < -0.4 is 0 Å². The van der Waals surface area contributed by atoms with Crippen molar-refractivity contribution in [1.29, 1.82) is 0 Å². The highest BCUT2D eigenvalue weighted by Gasteiger charge is 2.04. The second-order valence-electron chi connectivity index (χ2n) is 4.21. The summed E-state index contributed by atoms with van der Waals surface area (Å²) in [6.07, 6.45) is 14.5. The molecule has 0 heteroatoms. The van der Waals surface area contributed by atoms with Crippen molar-refractivity contribution in [3.63, 3.8) is 0 Å². The summed E-state index contributed by atoms with van der Waals surface area (Å²) in [5.74, 6) is 0. The van der Waals surface area contributed by atoms with E-state index in [1.807, 2.05) is 32.1 Å². The lowest BCUT2D eigenvalue weighted by molar-refractivity contribution is 0.847. The van der Waals surface area contributed by atoms with Crippen molar-refractivity contribution in [3.05, 3.63) is 60.3 Å². The molecule has 0 aromatic heterocycles. The zero-order chi connectivity index (χ0) is 15.1. The zero-order valence-electron chi connectivity index (χ0n) is 13.6. The first-order chi connectivity index (χ1) is 9.21. The fourth-order valence-corrected chi connectivity index (χ4v) is 1.91. The molecule has 0 aliphatic carbocycles. The molecule has 0 rings (SSSR count). The van der Waals surface area contributed by atoms with Crippen molar-refractivity contribution < 1.29 is 0 Å². The molecule has 0 radical (unpaired) electrons. The molecule has 0 saturated carbocycles. The average Bonchev–Trinajstić information content (AvgIpc) is 2.44. The van der Waals surface area contributed by atoms with E-state index in [-0.39, 0.29) is 0 Å². The van der Waals surface area contributed by atoms with Crippen molar-refractivity contribution in [2.24, 2.45) is 0 Å². The highest BCUT2D eigenvalue weighted by molar-refractivity contribution is 5.43. The average molecular weight is 260 g/mol. The van der Waals surface area contributed by atoms with Gasteiger partial charge in [0, 0.05) is 0 Å². The summed E-state index contributed by atoms with van der Waals surface area (Å²) < 4.78 is 0. The van der Waals surface area contributed by atoms with Gasteiger partial charge in [-0.05, 0) is 30.9 Å². The highest BCUT2D eigenvalue weighted by atomic mass is 14.1. The van der Waals surface area contributed by atoms with Crippen molar-refractivity contribution in [2.75, 3.05) is 0 Å². The Morgan fingerprint density at radius 2 is 1.53 bits per heavy atom. The van der Waals surface area contributed by atoms with Crippen LogP contribution in [-0.2, 0) is 0 Å². The van der Waals surface area contributed by atoms with E-state index in [1.54, 1.807) is 6.08 Å². The Kier molecular flexibility index (Phi) is 15.6. The Hall–Kier alpha value is -1.30. The summed E-state index contributed by atoms with van der Waals surface area (Å²) >= 11 is 0. The maximum absolute atomic E-state index is 3.92. The van der Waals surface area contributed by atoms with Crippen LogP contribution in [0.15, 0.2) is 60.3 Å². The van der Waals surface area contributed by atoms with Gasteiger partial charge in [0.15, 0.2) is 0 Å². The minimum Gasteiger partial charge on any atom is -0.0991 e. The summed E-state index contributed by atoms with van der Waals surface area (Å²) in [5, 5.41) is 0. The van der Waals surface area contributed by atoms with Gasteiger partial charge in [-0.15, -0.1) is 0 Å². The first-order valence-corrected chi connectivity index (χ1v) is 7.52. The molecule has 0 aromatic carbocycles. The number of hydrogen-bond donors (Lipinski definition) is 0.